The van der Waals surface area contributed by atoms with Gasteiger partial charge in [-0.15, -0.1) is 24.8 Å². The molecular formula is C15H29Cl2N5O. The van der Waals surface area contributed by atoms with Crippen molar-refractivity contribution in [3.05, 3.63) is 11.4 Å². The molecule has 0 radical (unpaired) electrons. The maximum atomic E-state index is 12.3. The highest BCUT2D eigenvalue weighted by Crippen LogP contribution is 2.18. The summed E-state index contributed by atoms with van der Waals surface area (Å²) >= 11 is 0. The van der Waals surface area contributed by atoms with Gasteiger partial charge in [-0.25, -0.2) is 0 Å². The van der Waals surface area contributed by atoms with E-state index in [-0.39, 0.29) is 30.7 Å². The summed E-state index contributed by atoms with van der Waals surface area (Å²) in [5.74, 6) is 0.0360. The standard InChI is InChI=1S/C15H27N5O.2ClH/c1-11-15(12(2)20(4)18-11)17-14(21)10-19(3)13-6-5-8-16-9-7-13;;/h13,16H,5-10H2,1-4H3,(H,17,21);2*1H. The number of likely N-dealkylation sites (N-methyl/N-ethyl adjacent to an activating group) is 1. The number of nitrogens with one attached hydrogen (secondary N) is 2. The van der Waals surface area contributed by atoms with Crippen molar-refractivity contribution in [3.63, 3.8) is 0 Å². The predicted molar refractivity (Wildman–Crippen MR) is 98.9 cm³/mol. The van der Waals surface area contributed by atoms with Gasteiger partial charge in [0.2, 0.25) is 5.91 Å². The Labute approximate surface area is 151 Å². The van der Waals surface area contributed by atoms with Crippen LogP contribution in [0, 0.1) is 13.8 Å². The van der Waals surface area contributed by atoms with Gasteiger partial charge >= 0.3 is 0 Å². The summed E-state index contributed by atoms with van der Waals surface area (Å²) in [6.07, 6.45) is 3.44. The third-order valence-corrected chi connectivity index (χ3v) is 4.34. The first-order chi connectivity index (χ1) is 9.99. The number of carbonyl (C=O) groups is 1. The van der Waals surface area contributed by atoms with Crippen molar-refractivity contribution in [2.75, 3.05) is 32.0 Å². The lowest BCUT2D eigenvalue weighted by atomic mass is 10.1. The van der Waals surface area contributed by atoms with Gasteiger partial charge in [0.15, 0.2) is 0 Å². The van der Waals surface area contributed by atoms with E-state index in [2.05, 4.69) is 20.6 Å². The molecule has 0 bridgehead atoms. The van der Waals surface area contributed by atoms with Gasteiger partial charge in [0.1, 0.15) is 0 Å². The normalized spacial score (nSPS) is 17.9. The first-order valence-electron chi connectivity index (χ1n) is 7.70. The van der Waals surface area contributed by atoms with E-state index in [1.807, 2.05) is 27.9 Å². The molecule has 1 aliphatic heterocycles. The van der Waals surface area contributed by atoms with Crippen molar-refractivity contribution >= 4 is 36.4 Å². The molecule has 1 aliphatic rings. The number of halogens is 2. The van der Waals surface area contributed by atoms with Gasteiger partial charge in [0.25, 0.3) is 0 Å². The molecule has 1 aromatic heterocycles. The summed E-state index contributed by atoms with van der Waals surface area (Å²) in [5, 5.41) is 10.7. The SMILES string of the molecule is Cc1nn(C)c(C)c1NC(=O)CN(C)C1CCCNCC1.Cl.Cl. The largest absolute Gasteiger partial charge is 0.322 e. The quantitative estimate of drug-likeness (QED) is 0.855. The van der Waals surface area contributed by atoms with Crippen LogP contribution in [0.25, 0.3) is 0 Å². The highest BCUT2D eigenvalue weighted by molar-refractivity contribution is 5.93. The van der Waals surface area contributed by atoms with Crippen LogP contribution in [0.15, 0.2) is 0 Å². The van der Waals surface area contributed by atoms with Crippen molar-refractivity contribution in [1.29, 1.82) is 0 Å². The molecule has 1 fully saturated rings. The topological polar surface area (TPSA) is 62.2 Å². The van der Waals surface area contributed by atoms with E-state index < -0.39 is 0 Å². The van der Waals surface area contributed by atoms with Crippen LogP contribution in [0.3, 0.4) is 0 Å². The number of rotatable bonds is 4. The number of nitrogens with zero attached hydrogens (tertiary/aromatic N) is 3. The average Bonchev–Trinajstić information content (AvgIpc) is 2.68. The van der Waals surface area contributed by atoms with Crippen LogP contribution in [0.4, 0.5) is 5.69 Å². The smallest absolute Gasteiger partial charge is 0.238 e. The number of carbonyl (C=O) groups excluding carboxylic acids is 1. The molecule has 0 spiro atoms. The fourth-order valence-electron chi connectivity index (χ4n) is 2.93. The summed E-state index contributed by atoms with van der Waals surface area (Å²) < 4.78 is 1.80. The second-order valence-corrected chi connectivity index (χ2v) is 5.97. The highest BCUT2D eigenvalue weighted by atomic mass is 35.5. The Balaban J connectivity index is 0.00000242. The average molecular weight is 366 g/mol. The van der Waals surface area contributed by atoms with Gasteiger partial charge in [0.05, 0.1) is 23.6 Å². The molecule has 0 saturated carbocycles. The molecule has 23 heavy (non-hydrogen) atoms. The Morgan fingerprint density at radius 1 is 1.35 bits per heavy atom. The van der Waals surface area contributed by atoms with Crippen molar-refractivity contribution in [3.8, 4) is 0 Å². The molecule has 1 atom stereocenters. The lowest BCUT2D eigenvalue weighted by Crippen LogP contribution is -2.38. The molecule has 8 heteroatoms. The van der Waals surface area contributed by atoms with E-state index in [0.717, 1.165) is 43.0 Å². The number of hydrogen-bond acceptors (Lipinski definition) is 4. The molecule has 0 aromatic carbocycles. The molecule has 1 saturated heterocycles. The minimum atomic E-state index is 0. The lowest BCUT2D eigenvalue weighted by molar-refractivity contribution is -0.117. The fourth-order valence-corrected chi connectivity index (χ4v) is 2.93. The van der Waals surface area contributed by atoms with Gasteiger partial charge < -0.3 is 10.6 Å². The van der Waals surface area contributed by atoms with Crippen molar-refractivity contribution < 1.29 is 4.79 Å². The zero-order chi connectivity index (χ0) is 15.4. The van der Waals surface area contributed by atoms with E-state index in [4.69, 9.17) is 0 Å². The monoisotopic (exact) mass is 365 g/mol. The minimum Gasteiger partial charge on any atom is -0.322 e. The maximum Gasteiger partial charge on any atom is 0.238 e. The van der Waals surface area contributed by atoms with E-state index in [0.29, 0.717) is 12.6 Å². The number of aryl methyl sites for hydroxylation is 2. The second kappa shape index (κ2) is 10.1. The van der Waals surface area contributed by atoms with Crippen LogP contribution in [-0.4, -0.2) is 53.3 Å². The van der Waals surface area contributed by atoms with Crippen LogP contribution < -0.4 is 10.6 Å². The van der Waals surface area contributed by atoms with Crippen LogP contribution in [0.5, 0.6) is 0 Å². The van der Waals surface area contributed by atoms with Crippen molar-refractivity contribution in [2.24, 2.45) is 7.05 Å². The Bertz CT molecular complexity index is 498. The van der Waals surface area contributed by atoms with E-state index >= 15 is 0 Å². The lowest BCUT2D eigenvalue weighted by Gasteiger charge is -2.26. The number of aromatic nitrogens is 2. The molecular weight excluding hydrogens is 337 g/mol. The summed E-state index contributed by atoms with van der Waals surface area (Å²) in [7, 11) is 3.93. The molecule has 0 aliphatic carbocycles. The van der Waals surface area contributed by atoms with Crippen LogP contribution in [0.2, 0.25) is 0 Å². The van der Waals surface area contributed by atoms with E-state index in [9.17, 15) is 4.79 Å². The van der Waals surface area contributed by atoms with Gasteiger partial charge in [0, 0.05) is 13.1 Å². The third kappa shape index (κ3) is 5.95. The molecule has 2 heterocycles. The summed E-state index contributed by atoms with van der Waals surface area (Å²) in [4.78, 5) is 14.4. The van der Waals surface area contributed by atoms with Gasteiger partial charge in [-0.1, -0.05) is 0 Å². The van der Waals surface area contributed by atoms with Gasteiger partial charge in [-0.2, -0.15) is 5.10 Å². The molecule has 1 unspecified atom stereocenters. The van der Waals surface area contributed by atoms with E-state index in [1.165, 1.54) is 6.42 Å². The van der Waals surface area contributed by atoms with Gasteiger partial charge in [-0.3, -0.25) is 14.4 Å². The first-order valence-corrected chi connectivity index (χ1v) is 7.70. The molecule has 6 nitrogen and oxygen atoms in total. The number of amides is 1. The summed E-state index contributed by atoms with van der Waals surface area (Å²) in [6.45, 7) is 6.44. The maximum absolute atomic E-state index is 12.3. The van der Waals surface area contributed by atoms with Crippen LogP contribution in [-0.2, 0) is 11.8 Å². The van der Waals surface area contributed by atoms with Gasteiger partial charge in [-0.05, 0) is 53.2 Å². The Morgan fingerprint density at radius 2 is 2.04 bits per heavy atom. The second-order valence-electron chi connectivity index (χ2n) is 5.97. The highest BCUT2D eigenvalue weighted by Gasteiger charge is 2.20. The number of hydrogen-bond donors (Lipinski definition) is 2. The van der Waals surface area contributed by atoms with Crippen molar-refractivity contribution in [1.82, 2.24) is 20.0 Å². The number of anilines is 1. The zero-order valence-corrected chi connectivity index (χ0v) is 16.0. The minimum absolute atomic E-state index is 0. The van der Waals surface area contributed by atoms with Crippen LogP contribution >= 0.6 is 24.8 Å². The van der Waals surface area contributed by atoms with E-state index in [1.54, 1.807) is 4.68 Å². The Morgan fingerprint density at radius 3 is 2.65 bits per heavy atom. The molecule has 2 rings (SSSR count). The first kappa shape index (κ1) is 22.2. The zero-order valence-electron chi connectivity index (χ0n) is 14.4. The molecule has 1 aromatic rings. The molecule has 2 N–H and O–H groups in total. The third-order valence-electron chi connectivity index (χ3n) is 4.34. The molecule has 1 amide bonds. The Kier molecular flexibility index (Phi) is 9.77. The predicted octanol–water partition coefficient (Wildman–Crippen LogP) is 1.89. The summed E-state index contributed by atoms with van der Waals surface area (Å²) in [5.41, 5.74) is 2.70. The van der Waals surface area contributed by atoms with Crippen molar-refractivity contribution in [2.45, 2.75) is 39.2 Å². The summed E-state index contributed by atoms with van der Waals surface area (Å²) in [6, 6.07) is 0.488. The fraction of sp³-hybridized carbons (Fsp3) is 0.733. The molecule has 134 valence electrons. The Hall–Kier alpha value is -0.820. The van der Waals surface area contributed by atoms with Crippen LogP contribution in [0.1, 0.15) is 30.7 Å².